The minimum Gasteiger partial charge on any atom is -0.490 e. The van der Waals surface area contributed by atoms with Crippen molar-refractivity contribution in [3.8, 4) is 5.75 Å². The van der Waals surface area contributed by atoms with Gasteiger partial charge in [-0.2, -0.15) is 0 Å². The first-order chi connectivity index (χ1) is 27.7. The molecular weight excluding hydrogens is 769 g/mol. The molecule has 12 heteroatoms. The summed E-state index contributed by atoms with van der Waals surface area (Å²) in [4.78, 5) is 2.47. The van der Waals surface area contributed by atoms with E-state index in [1.807, 2.05) is 37.3 Å². The van der Waals surface area contributed by atoms with Gasteiger partial charge in [0.25, 0.3) is 0 Å². The zero-order valence-electron chi connectivity index (χ0n) is 36.7. The van der Waals surface area contributed by atoms with Crippen molar-refractivity contribution in [2.24, 2.45) is 5.92 Å². The van der Waals surface area contributed by atoms with Gasteiger partial charge in [0.15, 0.2) is 5.44 Å². The van der Waals surface area contributed by atoms with Gasteiger partial charge < -0.3 is 38.3 Å². The SMILES string of the molecule is COCCCN1CCOc2ccc(C(O[C@H]3CNC[C@@H](O[Si](C(C)C)(C(C)C)C(C)C)[C@@H]3c3ccc(COC[C@@H](C)COC)cc3)S(=O)(=O)c3ccc(C)cc3)cc21. The molecule has 5 rings (SSSR count). The maximum Gasteiger partial charge on any atom is 0.209 e. The molecule has 1 saturated heterocycles. The van der Waals surface area contributed by atoms with Crippen LogP contribution in [0.4, 0.5) is 5.69 Å². The van der Waals surface area contributed by atoms with E-state index in [9.17, 15) is 8.42 Å². The minimum absolute atomic E-state index is 0.220. The van der Waals surface area contributed by atoms with Crippen LogP contribution in [0.25, 0.3) is 0 Å². The van der Waals surface area contributed by atoms with Crippen LogP contribution in [0.2, 0.25) is 16.6 Å². The molecule has 2 aliphatic heterocycles. The standard InChI is InChI=1S/C46H70N2O8SSi/c1-32(2)58(33(3)4,34(5)6)56-44-28-47-27-43(45(44)38-16-14-37(15-17-38)31-53-30-36(8)29-52-10)55-46(57(49,50)40-19-12-35(7)13-20-40)39-18-21-42-41(26-39)48(23-25-54-42)22-11-24-51-9/h12-21,26,32-34,36,43-47H,11,22-25,27-31H2,1-10H3/t36-,43-,44+,45+,46?/m0/s1. The Bertz CT molecular complexity index is 1800. The average molecular weight is 839 g/mol. The minimum atomic E-state index is -4.05. The van der Waals surface area contributed by atoms with Crippen LogP contribution in [-0.2, 0) is 39.8 Å². The predicted octanol–water partition coefficient (Wildman–Crippen LogP) is 8.83. The van der Waals surface area contributed by atoms with Gasteiger partial charge >= 0.3 is 0 Å². The van der Waals surface area contributed by atoms with Crippen molar-refractivity contribution in [2.45, 2.75) is 113 Å². The van der Waals surface area contributed by atoms with Crippen LogP contribution in [-0.4, -0.2) is 95.8 Å². The van der Waals surface area contributed by atoms with Gasteiger partial charge in [-0.15, -0.1) is 0 Å². The van der Waals surface area contributed by atoms with Crippen molar-refractivity contribution in [2.75, 3.05) is 71.7 Å². The largest absolute Gasteiger partial charge is 0.490 e. The van der Waals surface area contributed by atoms with E-state index in [4.69, 9.17) is 28.1 Å². The monoisotopic (exact) mass is 838 g/mol. The van der Waals surface area contributed by atoms with Gasteiger partial charge in [-0.1, -0.05) is 96.5 Å². The second kappa shape index (κ2) is 21.1. The number of piperidine rings is 1. The quantitative estimate of drug-likeness (QED) is 0.0827. The lowest BCUT2D eigenvalue weighted by Crippen LogP contribution is -2.58. The molecule has 322 valence electrons. The maximum atomic E-state index is 15.0. The number of hydrogen-bond donors (Lipinski definition) is 1. The molecule has 0 amide bonds. The fraction of sp³-hybridized carbons (Fsp3) is 0.609. The Labute approximate surface area is 350 Å². The first-order valence-corrected chi connectivity index (χ1v) is 24.9. The number of nitrogens with one attached hydrogen (secondary N) is 1. The number of nitrogens with zero attached hydrogens (tertiary/aromatic N) is 1. The molecule has 3 aromatic rings. The molecular formula is C46H70N2O8SSi. The smallest absolute Gasteiger partial charge is 0.209 e. The summed E-state index contributed by atoms with van der Waals surface area (Å²) >= 11 is 0. The molecule has 2 heterocycles. The average Bonchev–Trinajstić information content (AvgIpc) is 3.19. The molecule has 0 aromatic heterocycles. The first kappa shape index (κ1) is 46.3. The molecule has 1 fully saturated rings. The number of hydrogen-bond acceptors (Lipinski definition) is 10. The van der Waals surface area contributed by atoms with Crippen LogP contribution >= 0.6 is 0 Å². The number of aryl methyl sites for hydroxylation is 1. The van der Waals surface area contributed by atoms with E-state index >= 15 is 0 Å². The number of rotatable bonds is 21. The molecule has 0 aliphatic carbocycles. The van der Waals surface area contributed by atoms with E-state index in [-0.39, 0.29) is 16.9 Å². The molecule has 0 spiro atoms. The van der Waals surface area contributed by atoms with Crippen LogP contribution in [0.5, 0.6) is 5.75 Å². The predicted molar refractivity (Wildman–Crippen MR) is 235 cm³/mol. The van der Waals surface area contributed by atoms with Crippen molar-refractivity contribution >= 4 is 23.8 Å². The summed E-state index contributed by atoms with van der Waals surface area (Å²) in [6.07, 6.45) is 0.0551. The lowest BCUT2D eigenvalue weighted by molar-refractivity contribution is -0.0365. The van der Waals surface area contributed by atoms with E-state index in [2.05, 4.69) is 82.9 Å². The van der Waals surface area contributed by atoms with Crippen molar-refractivity contribution in [1.29, 1.82) is 0 Å². The van der Waals surface area contributed by atoms with Crippen LogP contribution in [0.15, 0.2) is 71.6 Å². The van der Waals surface area contributed by atoms with E-state index < -0.39 is 29.7 Å². The first-order valence-electron chi connectivity index (χ1n) is 21.2. The molecule has 5 atom stereocenters. The summed E-state index contributed by atoms with van der Waals surface area (Å²) in [5.41, 5.74) is 4.35. The molecule has 10 nitrogen and oxygen atoms in total. The number of ether oxygens (including phenoxy) is 5. The Balaban J connectivity index is 1.58. The topological polar surface area (TPSA) is 105 Å². The van der Waals surface area contributed by atoms with Crippen molar-refractivity contribution in [3.63, 3.8) is 0 Å². The number of methoxy groups -OCH3 is 2. The molecule has 58 heavy (non-hydrogen) atoms. The molecule has 2 aliphatic rings. The van der Waals surface area contributed by atoms with Crippen LogP contribution in [0.1, 0.15) is 88.5 Å². The summed E-state index contributed by atoms with van der Waals surface area (Å²) in [5.74, 6) is 0.787. The number of anilines is 1. The highest BCUT2D eigenvalue weighted by molar-refractivity contribution is 7.91. The van der Waals surface area contributed by atoms with Gasteiger partial charge in [-0.25, -0.2) is 8.42 Å². The number of fused-ring (bicyclic) bond motifs is 1. The molecule has 0 saturated carbocycles. The Hall–Kier alpha value is -2.81. The second-order valence-electron chi connectivity index (χ2n) is 17.2. The van der Waals surface area contributed by atoms with E-state index in [0.29, 0.717) is 80.8 Å². The van der Waals surface area contributed by atoms with Gasteiger partial charge in [-0.3, -0.25) is 0 Å². The summed E-state index contributed by atoms with van der Waals surface area (Å²) < 4.78 is 67.5. The zero-order chi connectivity index (χ0) is 42.0. The molecule has 1 unspecified atom stereocenters. The number of benzene rings is 3. The van der Waals surface area contributed by atoms with Crippen molar-refractivity contribution < 1.29 is 36.5 Å². The Morgan fingerprint density at radius 3 is 2.16 bits per heavy atom. The van der Waals surface area contributed by atoms with Gasteiger partial charge in [-0.05, 0) is 70.9 Å². The Kier molecular flexibility index (Phi) is 16.8. The third-order valence-corrected chi connectivity index (χ3v) is 20.0. The van der Waals surface area contributed by atoms with Crippen molar-refractivity contribution in [3.05, 3.63) is 89.0 Å². The van der Waals surface area contributed by atoms with Crippen LogP contribution in [0.3, 0.4) is 0 Å². The number of sulfone groups is 1. The highest BCUT2D eigenvalue weighted by Gasteiger charge is 2.50. The summed E-state index contributed by atoms with van der Waals surface area (Å²) in [5, 5.41) is 3.63. The Morgan fingerprint density at radius 1 is 0.845 bits per heavy atom. The summed E-state index contributed by atoms with van der Waals surface area (Å²) in [6, 6.07) is 21.3. The second-order valence-corrected chi connectivity index (χ2v) is 24.6. The molecule has 0 bridgehead atoms. The fourth-order valence-corrected chi connectivity index (χ4v) is 16.3. The van der Waals surface area contributed by atoms with Crippen LogP contribution in [0, 0.1) is 12.8 Å². The van der Waals surface area contributed by atoms with E-state index in [1.54, 1.807) is 26.4 Å². The lowest BCUT2D eigenvalue weighted by Gasteiger charge is -2.49. The van der Waals surface area contributed by atoms with E-state index in [0.717, 1.165) is 41.1 Å². The fourth-order valence-electron chi connectivity index (χ4n) is 9.16. The highest BCUT2D eigenvalue weighted by atomic mass is 32.2. The van der Waals surface area contributed by atoms with Crippen molar-refractivity contribution in [1.82, 2.24) is 5.32 Å². The summed E-state index contributed by atoms with van der Waals surface area (Å²) in [7, 11) is -3.01. The third kappa shape index (κ3) is 10.9. The van der Waals surface area contributed by atoms with Gasteiger partial charge in [0.05, 0.1) is 49.2 Å². The van der Waals surface area contributed by atoms with E-state index in [1.165, 1.54) is 0 Å². The molecule has 3 aromatic carbocycles. The molecule has 1 N–H and O–H groups in total. The lowest BCUT2D eigenvalue weighted by atomic mass is 9.85. The van der Waals surface area contributed by atoms with Gasteiger partial charge in [0.2, 0.25) is 18.2 Å². The highest BCUT2D eigenvalue weighted by Crippen LogP contribution is 2.47. The zero-order valence-corrected chi connectivity index (χ0v) is 38.5. The Morgan fingerprint density at radius 2 is 1.52 bits per heavy atom. The van der Waals surface area contributed by atoms with Gasteiger partial charge in [0, 0.05) is 52.3 Å². The maximum absolute atomic E-state index is 15.0. The normalized spacial score (nSPS) is 20.0. The van der Waals surface area contributed by atoms with Crippen LogP contribution < -0.4 is 15.0 Å². The summed E-state index contributed by atoms with van der Waals surface area (Å²) in [6.45, 7) is 23.4. The third-order valence-electron chi connectivity index (χ3n) is 12.0. The molecule has 0 radical (unpaired) electrons. The van der Waals surface area contributed by atoms with Gasteiger partial charge in [0.1, 0.15) is 12.4 Å².